The van der Waals surface area contributed by atoms with Crippen LogP contribution < -0.4 is 4.74 Å². The highest BCUT2D eigenvalue weighted by molar-refractivity contribution is 9.10. The molecule has 0 saturated carbocycles. The molecule has 0 fully saturated rings. The van der Waals surface area contributed by atoms with Gasteiger partial charge in [-0.3, -0.25) is 4.98 Å². The van der Waals surface area contributed by atoms with E-state index in [0.717, 1.165) is 4.47 Å². The Bertz CT molecular complexity index is 599. The fraction of sp³-hybridized carbons (Fsp3) is 0.267. The third-order valence-corrected chi connectivity index (χ3v) is 3.52. The zero-order chi connectivity index (χ0) is 14.8. The first-order chi connectivity index (χ1) is 9.44. The topological polar surface area (TPSA) is 42.4 Å². The minimum absolute atomic E-state index is 0.146. The third-order valence-electron chi connectivity index (χ3n) is 3.05. The standard InChI is InChI=1S/C15H15BrFNO2/c1-15(19,8-11-7-6-10(16)9-18-11)14-12(17)4-3-5-13(14)20-2/h3-7,9,19H,8H2,1-2H3. The average molecular weight is 340 g/mol. The maximum atomic E-state index is 14.0. The van der Waals surface area contributed by atoms with Crippen LogP contribution >= 0.6 is 15.9 Å². The van der Waals surface area contributed by atoms with E-state index in [2.05, 4.69) is 20.9 Å². The summed E-state index contributed by atoms with van der Waals surface area (Å²) in [6.07, 6.45) is 1.83. The summed E-state index contributed by atoms with van der Waals surface area (Å²) in [4.78, 5) is 4.20. The van der Waals surface area contributed by atoms with Gasteiger partial charge in [0.05, 0.1) is 18.3 Å². The van der Waals surface area contributed by atoms with Gasteiger partial charge in [0, 0.05) is 22.8 Å². The largest absolute Gasteiger partial charge is 0.496 e. The van der Waals surface area contributed by atoms with Gasteiger partial charge in [0.25, 0.3) is 0 Å². The maximum absolute atomic E-state index is 14.0. The van der Waals surface area contributed by atoms with Gasteiger partial charge < -0.3 is 9.84 Å². The van der Waals surface area contributed by atoms with Crippen LogP contribution in [0.5, 0.6) is 5.75 Å². The summed E-state index contributed by atoms with van der Waals surface area (Å²) >= 11 is 3.30. The fourth-order valence-corrected chi connectivity index (χ4v) is 2.38. The number of hydrogen-bond acceptors (Lipinski definition) is 3. The van der Waals surface area contributed by atoms with E-state index in [9.17, 15) is 9.50 Å². The molecule has 1 aromatic heterocycles. The minimum atomic E-state index is -1.41. The van der Waals surface area contributed by atoms with Crippen molar-refractivity contribution in [2.75, 3.05) is 7.11 Å². The van der Waals surface area contributed by atoms with Crippen LogP contribution in [0.25, 0.3) is 0 Å². The maximum Gasteiger partial charge on any atom is 0.133 e. The molecule has 5 heteroatoms. The van der Waals surface area contributed by atoms with Crippen molar-refractivity contribution in [1.29, 1.82) is 0 Å². The van der Waals surface area contributed by atoms with Crippen molar-refractivity contribution in [2.45, 2.75) is 18.9 Å². The molecule has 106 valence electrons. The van der Waals surface area contributed by atoms with Gasteiger partial charge in [-0.15, -0.1) is 0 Å². The number of aromatic nitrogens is 1. The number of nitrogens with zero attached hydrogens (tertiary/aromatic N) is 1. The number of methoxy groups -OCH3 is 1. The molecule has 0 amide bonds. The first-order valence-electron chi connectivity index (χ1n) is 6.10. The lowest BCUT2D eigenvalue weighted by molar-refractivity contribution is 0.0500. The highest BCUT2D eigenvalue weighted by Gasteiger charge is 2.31. The molecule has 0 bridgehead atoms. The summed E-state index contributed by atoms with van der Waals surface area (Å²) in [5.74, 6) is -0.168. The fourth-order valence-electron chi connectivity index (χ4n) is 2.15. The Morgan fingerprint density at radius 1 is 1.35 bits per heavy atom. The van der Waals surface area contributed by atoms with Crippen molar-refractivity contribution in [2.24, 2.45) is 0 Å². The molecule has 20 heavy (non-hydrogen) atoms. The molecule has 0 radical (unpaired) electrons. The van der Waals surface area contributed by atoms with E-state index in [0.29, 0.717) is 11.4 Å². The summed E-state index contributed by atoms with van der Waals surface area (Å²) in [5, 5.41) is 10.6. The lowest BCUT2D eigenvalue weighted by Crippen LogP contribution is -2.27. The summed E-state index contributed by atoms with van der Waals surface area (Å²) in [5.41, 5.74) is -0.590. The molecule has 2 aromatic rings. The van der Waals surface area contributed by atoms with Gasteiger partial charge in [0.15, 0.2) is 0 Å². The summed E-state index contributed by atoms with van der Waals surface area (Å²) < 4.78 is 20.0. The van der Waals surface area contributed by atoms with Crippen LogP contribution in [0, 0.1) is 5.82 Å². The number of pyridine rings is 1. The molecule has 1 atom stereocenters. The van der Waals surface area contributed by atoms with Crippen LogP contribution in [0.4, 0.5) is 4.39 Å². The molecule has 1 aromatic carbocycles. The molecule has 2 rings (SSSR count). The van der Waals surface area contributed by atoms with Crippen LogP contribution in [0.3, 0.4) is 0 Å². The van der Waals surface area contributed by atoms with Crippen LogP contribution in [-0.4, -0.2) is 17.2 Å². The van der Waals surface area contributed by atoms with Gasteiger partial charge in [-0.2, -0.15) is 0 Å². The third kappa shape index (κ3) is 3.16. The smallest absolute Gasteiger partial charge is 0.133 e. The van der Waals surface area contributed by atoms with Crippen molar-refractivity contribution < 1.29 is 14.2 Å². The van der Waals surface area contributed by atoms with Gasteiger partial charge in [-0.25, -0.2) is 4.39 Å². The first kappa shape index (κ1) is 14.9. The quantitative estimate of drug-likeness (QED) is 0.927. The highest BCUT2D eigenvalue weighted by Crippen LogP contribution is 2.34. The molecule has 0 aliphatic rings. The summed E-state index contributed by atoms with van der Waals surface area (Å²) in [7, 11) is 1.45. The second kappa shape index (κ2) is 5.89. The second-order valence-corrected chi connectivity index (χ2v) is 5.65. The SMILES string of the molecule is COc1cccc(F)c1C(C)(O)Cc1ccc(Br)cn1. The van der Waals surface area contributed by atoms with Crippen LogP contribution in [0.15, 0.2) is 41.0 Å². The summed E-state index contributed by atoms with van der Waals surface area (Å²) in [6.45, 7) is 1.55. The van der Waals surface area contributed by atoms with Crippen molar-refractivity contribution in [1.82, 2.24) is 4.98 Å². The van der Waals surface area contributed by atoms with Gasteiger partial charge in [-0.1, -0.05) is 6.07 Å². The van der Waals surface area contributed by atoms with E-state index in [-0.39, 0.29) is 12.0 Å². The second-order valence-electron chi connectivity index (χ2n) is 4.74. The molecule has 0 saturated heterocycles. The van der Waals surface area contributed by atoms with Crippen molar-refractivity contribution in [3.8, 4) is 5.75 Å². The number of aliphatic hydroxyl groups is 1. The Morgan fingerprint density at radius 2 is 2.10 bits per heavy atom. The Hall–Kier alpha value is -1.46. The van der Waals surface area contributed by atoms with E-state index in [1.54, 1.807) is 31.3 Å². The van der Waals surface area contributed by atoms with Gasteiger partial charge >= 0.3 is 0 Å². The van der Waals surface area contributed by atoms with Crippen LogP contribution in [0.2, 0.25) is 0 Å². The molecule has 0 aliphatic carbocycles. The first-order valence-corrected chi connectivity index (χ1v) is 6.89. The number of hydrogen-bond donors (Lipinski definition) is 1. The Labute approximate surface area is 125 Å². The average Bonchev–Trinajstić information content (AvgIpc) is 2.40. The molecule has 0 aliphatic heterocycles. The van der Waals surface area contributed by atoms with Crippen molar-refractivity contribution in [3.05, 3.63) is 58.1 Å². The molecular formula is C15H15BrFNO2. The lowest BCUT2D eigenvalue weighted by atomic mass is 9.89. The van der Waals surface area contributed by atoms with Gasteiger partial charge in [-0.05, 0) is 47.1 Å². The molecule has 0 spiro atoms. The zero-order valence-electron chi connectivity index (χ0n) is 11.2. The van der Waals surface area contributed by atoms with Gasteiger partial charge in [0.1, 0.15) is 11.6 Å². The van der Waals surface area contributed by atoms with Crippen LogP contribution in [-0.2, 0) is 12.0 Å². The Kier molecular flexibility index (Phi) is 4.40. The number of halogens is 2. The zero-order valence-corrected chi connectivity index (χ0v) is 12.8. The number of benzene rings is 1. The number of rotatable bonds is 4. The molecule has 1 N–H and O–H groups in total. The predicted molar refractivity (Wildman–Crippen MR) is 78.2 cm³/mol. The summed E-state index contributed by atoms with van der Waals surface area (Å²) in [6, 6.07) is 8.09. The molecule has 3 nitrogen and oxygen atoms in total. The van der Waals surface area contributed by atoms with Gasteiger partial charge in [0.2, 0.25) is 0 Å². The highest BCUT2D eigenvalue weighted by atomic mass is 79.9. The van der Waals surface area contributed by atoms with Crippen molar-refractivity contribution >= 4 is 15.9 Å². The van der Waals surface area contributed by atoms with E-state index in [4.69, 9.17) is 4.74 Å². The Morgan fingerprint density at radius 3 is 2.70 bits per heavy atom. The van der Waals surface area contributed by atoms with E-state index in [1.165, 1.54) is 13.2 Å². The van der Waals surface area contributed by atoms with E-state index in [1.807, 2.05) is 6.07 Å². The number of ether oxygens (including phenoxy) is 1. The molecule has 1 heterocycles. The molecular weight excluding hydrogens is 325 g/mol. The predicted octanol–water partition coefficient (Wildman–Crippen LogP) is 3.44. The monoisotopic (exact) mass is 339 g/mol. The van der Waals surface area contributed by atoms with E-state index < -0.39 is 11.4 Å². The Balaban J connectivity index is 2.37. The van der Waals surface area contributed by atoms with Crippen LogP contribution in [0.1, 0.15) is 18.2 Å². The normalized spacial score (nSPS) is 13.8. The van der Waals surface area contributed by atoms with Crippen molar-refractivity contribution in [3.63, 3.8) is 0 Å². The van der Waals surface area contributed by atoms with E-state index >= 15 is 0 Å². The minimum Gasteiger partial charge on any atom is -0.496 e. The lowest BCUT2D eigenvalue weighted by Gasteiger charge is -2.26. The molecule has 1 unspecified atom stereocenters.